The van der Waals surface area contributed by atoms with Gasteiger partial charge in [0.2, 0.25) is 0 Å². The maximum absolute atomic E-state index is 13.1. The number of nitrogens with one attached hydrogen (secondary N) is 1. The molecular weight excluding hydrogens is 320 g/mol. The van der Waals surface area contributed by atoms with Crippen molar-refractivity contribution in [3.63, 3.8) is 0 Å². The number of benzene rings is 2. The van der Waals surface area contributed by atoms with Crippen LogP contribution in [0.2, 0.25) is 0 Å². The third-order valence-electron chi connectivity index (χ3n) is 3.17. The van der Waals surface area contributed by atoms with Crippen molar-refractivity contribution in [3.8, 4) is 5.75 Å². The van der Waals surface area contributed by atoms with Gasteiger partial charge in [-0.25, -0.2) is 13.6 Å². The van der Waals surface area contributed by atoms with E-state index < -0.39 is 23.2 Å². The molecule has 3 aromatic rings. The van der Waals surface area contributed by atoms with E-state index in [0.717, 1.165) is 12.1 Å². The minimum atomic E-state index is -1.06. The summed E-state index contributed by atoms with van der Waals surface area (Å²) in [4.78, 5) is 23.0. The first kappa shape index (κ1) is 15.7. The highest BCUT2D eigenvalue weighted by atomic mass is 19.2. The molecule has 5 nitrogen and oxygen atoms in total. The molecule has 0 aliphatic carbocycles. The quantitative estimate of drug-likeness (QED) is 0.746. The van der Waals surface area contributed by atoms with Gasteiger partial charge in [0.05, 0.1) is 0 Å². The van der Waals surface area contributed by atoms with Crippen LogP contribution in [0.5, 0.6) is 5.75 Å². The topological polar surface area (TPSA) is 68.5 Å². The van der Waals surface area contributed by atoms with Crippen molar-refractivity contribution in [2.45, 2.75) is 0 Å². The van der Waals surface area contributed by atoms with E-state index in [9.17, 15) is 18.4 Å². The Bertz CT molecular complexity index is 968. The van der Waals surface area contributed by atoms with E-state index in [1.54, 1.807) is 18.2 Å². The number of anilines is 1. The first-order valence-electron chi connectivity index (χ1n) is 6.93. The summed E-state index contributed by atoms with van der Waals surface area (Å²) in [6.45, 7) is -0.346. The smallest absolute Gasteiger partial charge is 0.336 e. The molecule has 0 radical (unpaired) electrons. The second kappa shape index (κ2) is 6.49. The predicted octanol–water partition coefficient (Wildman–Crippen LogP) is 3.09. The highest BCUT2D eigenvalue weighted by molar-refractivity contribution is 5.91. The fourth-order valence-corrected chi connectivity index (χ4v) is 2.05. The summed E-state index contributed by atoms with van der Waals surface area (Å²) < 4.78 is 36.2. The fraction of sp³-hybridized carbons (Fsp3) is 0.0588. The number of rotatable bonds is 4. The third kappa shape index (κ3) is 3.57. The van der Waals surface area contributed by atoms with Gasteiger partial charge >= 0.3 is 5.63 Å². The van der Waals surface area contributed by atoms with Crippen molar-refractivity contribution in [1.29, 1.82) is 0 Å². The van der Waals surface area contributed by atoms with Gasteiger partial charge in [0.25, 0.3) is 5.91 Å². The highest BCUT2D eigenvalue weighted by Crippen LogP contribution is 2.19. The average molecular weight is 331 g/mol. The lowest BCUT2D eigenvalue weighted by molar-refractivity contribution is -0.118. The molecule has 7 heteroatoms. The summed E-state index contributed by atoms with van der Waals surface area (Å²) in [5.41, 5.74) is -0.0382. The van der Waals surface area contributed by atoms with Crippen LogP contribution in [0.15, 0.2) is 57.7 Å². The van der Waals surface area contributed by atoms with Gasteiger partial charge in [-0.15, -0.1) is 0 Å². The molecule has 0 fully saturated rings. The molecule has 3 rings (SSSR count). The maximum atomic E-state index is 13.1. The largest absolute Gasteiger partial charge is 0.484 e. The van der Waals surface area contributed by atoms with Gasteiger partial charge in [-0.05, 0) is 30.3 Å². The Hall–Kier alpha value is -3.22. The number of carbonyl (C=O) groups is 1. The van der Waals surface area contributed by atoms with Gasteiger partial charge in [-0.2, -0.15) is 0 Å². The number of hydrogen-bond acceptors (Lipinski definition) is 4. The number of halogens is 2. The summed E-state index contributed by atoms with van der Waals surface area (Å²) in [6, 6.07) is 10.7. The molecule has 122 valence electrons. The molecule has 2 aromatic carbocycles. The second-order valence-electron chi connectivity index (χ2n) is 4.92. The average Bonchev–Trinajstić information content (AvgIpc) is 2.56. The molecule has 0 saturated heterocycles. The van der Waals surface area contributed by atoms with Gasteiger partial charge < -0.3 is 14.5 Å². The molecule has 0 saturated carbocycles. The molecular formula is C17H11F2NO4. The Morgan fingerprint density at radius 1 is 1.04 bits per heavy atom. The second-order valence-corrected chi connectivity index (χ2v) is 4.92. The Balaban J connectivity index is 1.65. The van der Waals surface area contributed by atoms with E-state index in [1.165, 1.54) is 18.2 Å². The predicted molar refractivity (Wildman–Crippen MR) is 83.0 cm³/mol. The van der Waals surface area contributed by atoms with E-state index in [1.807, 2.05) is 0 Å². The molecule has 1 aromatic heterocycles. The number of hydrogen-bond donors (Lipinski definition) is 1. The molecule has 0 bridgehead atoms. The van der Waals surface area contributed by atoms with E-state index in [2.05, 4.69) is 5.32 Å². The summed E-state index contributed by atoms with van der Waals surface area (Å²) >= 11 is 0. The fourth-order valence-electron chi connectivity index (χ4n) is 2.05. The van der Waals surface area contributed by atoms with Crippen LogP contribution in [-0.2, 0) is 4.79 Å². The maximum Gasteiger partial charge on any atom is 0.336 e. The van der Waals surface area contributed by atoms with Crippen molar-refractivity contribution in [3.05, 3.63) is 70.6 Å². The van der Waals surface area contributed by atoms with Crippen LogP contribution in [0.3, 0.4) is 0 Å². The van der Waals surface area contributed by atoms with Crippen molar-refractivity contribution in [1.82, 2.24) is 0 Å². The Morgan fingerprint density at radius 2 is 1.83 bits per heavy atom. The van der Waals surface area contributed by atoms with Crippen LogP contribution >= 0.6 is 0 Å². The summed E-state index contributed by atoms with van der Waals surface area (Å²) in [6.07, 6.45) is 0. The minimum Gasteiger partial charge on any atom is -0.484 e. The molecule has 0 unspecified atom stereocenters. The molecule has 0 aliphatic heterocycles. The van der Waals surface area contributed by atoms with Gasteiger partial charge in [0.1, 0.15) is 11.3 Å². The van der Waals surface area contributed by atoms with Gasteiger partial charge in [0, 0.05) is 29.3 Å². The Kier molecular flexibility index (Phi) is 4.24. The van der Waals surface area contributed by atoms with E-state index in [4.69, 9.17) is 9.15 Å². The van der Waals surface area contributed by atoms with Gasteiger partial charge in [-0.1, -0.05) is 0 Å². The standard InChI is InChI=1S/C17H11F2NO4/c18-13-5-3-11(7-14(13)19)20-16(21)9-23-12-4-1-10-2-6-17(22)24-15(10)8-12/h1-8H,9H2,(H,20,21). The van der Waals surface area contributed by atoms with Gasteiger partial charge in [0.15, 0.2) is 18.2 Å². The monoisotopic (exact) mass is 331 g/mol. The first-order chi connectivity index (χ1) is 11.5. The zero-order valence-electron chi connectivity index (χ0n) is 12.2. The summed E-state index contributed by atoms with van der Waals surface area (Å²) in [7, 11) is 0. The van der Waals surface area contributed by atoms with Crippen molar-refractivity contribution in [2.75, 3.05) is 11.9 Å². The highest BCUT2D eigenvalue weighted by Gasteiger charge is 2.08. The van der Waals surface area contributed by atoms with Crippen molar-refractivity contribution < 1.29 is 22.7 Å². The Labute approximate surface area is 134 Å². The van der Waals surface area contributed by atoms with Crippen molar-refractivity contribution >= 4 is 22.6 Å². The number of fused-ring (bicyclic) bond motifs is 1. The van der Waals surface area contributed by atoms with E-state index in [-0.39, 0.29) is 12.3 Å². The minimum absolute atomic E-state index is 0.118. The normalized spacial score (nSPS) is 10.6. The van der Waals surface area contributed by atoms with Crippen LogP contribution in [-0.4, -0.2) is 12.5 Å². The van der Waals surface area contributed by atoms with Gasteiger partial charge in [-0.3, -0.25) is 4.79 Å². The third-order valence-corrected chi connectivity index (χ3v) is 3.17. The lowest BCUT2D eigenvalue weighted by Gasteiger charge is -2.08. The molecule has 1 amide bonds. The lowest BCUT2D eigenvalue weighted by Crippen LogP contribution is -2.20. The van der Waals surface area contributed by atoms with Crippen LogP contribution in [0, 0.1) is 11.6 Å². The number of amides is 1. The zero-order chi connectivity index (χ0) is 17.1. The molecule has 24 heavy (non-hydrogen) atoms. The summed E-state index contributed by atoms with van der Waals surface area (Å²) in [5, 5.41) is 3.10. The Morgan fingerprint density at radius 3 is 2.62 bits per heavy atom. The molecule has 0 aliphatic rings. The van der Waals surface area contributed by atoms with E-state index in [0.29, 0.717) is 16.7 Å². The molecule has 1 N–H and O–H groups in total. The van der Waals surface area contributed by atoms with E-state index >= 15 is 0 Å². The molecule has 0 spiro atoms. The number of ether oxygens (including phenoxy) is 1. The van der Waals surface area contributed by atoms with Crippen LogP contribution < -0.4 is 15.7 Å². The lowest BCUT2D eigenvalue weighted by atomic mass is 10.2. The number of carbonyl (C=O) groups excluding carboxylic acids is 1. The zero-order valence-corrected chi connectivity index (χ0v) is 12.2. The molecule has 0 atom stereocenters. The van der Waals surface area contributed by atoms with Crippen molar-refractivity contribution in [2.24, 2.45) is 0 Å². The SMILES string of the molecule is O=C(COc1ccc2ccc(=O)oc2c1)Nc1ccc(F)c(F)c1. The summed E-state index contributed by atoms with van der Waals surface area (Å²) in [5.74, 6) is -2.27. The first-order valence-corrected chi connectivity index (χ1v) is 6.93. The molecule has 1 heterocycles. The van der Waals surface area contributed by atoms with Crippen LogP contribution in [0.25, 0.3) is 11.0 Å². The van der Waals surface area contributed by atoms with Crippen LogP contribution in [0.1, 0.15) is 0 Å². The van der Waals surface area contributed by atoms with Crippen LogP contribution in [0.4, 0.5) is 14.5 Å².